The second-order valence-electron chi connectivity index (χ2n) is 3.34. The lowest BCUT2D eigenvalue weighted by Crippen LogP contribution is -2.34. The van der Waals surface area contributed by atoms with Gasteiger partial charge in [0.2, 0.25) is 0 Å². The Morgan fingerprint density at radius 3 is 3.00 bits per heavy atom. The Labute approximate surface area is 109 Å². The molecule has 0 aliphatic carbocycles. The lowest BCUT2D eigenvalue weighted by Gasteiger charge is -2.19. The third kappa shape index (κ3) is 2.39. The van der Waals surface area contributed by atoms with E-state index in [1.54, 1.807) is 0 Å². The molecule has 1 aliphatic rings. The van der Waals surface area contributed by atoms with Crippen LogP contribution in [0.4, 0.5) is 10.2 Å². The zero-order chi connectivity index (χ0) is 12.6. The predicted molar refractivity (Wildman–Crippen MR) is 64.1 cm³/mol. The molecule has 17 heavy (non-hydrogen) atoms. The second-order valence-corrected chi connectivity index (χ2v) is 4.66. The van der Waals surface area contributed by atoms with Gasteiger partial charge in [0.25, 0.3) is 0 Å². The van der Waals surface area contributed by atoms with E-state index in [4.69, 9.17) is 16.7 Å². The van der Waals surface area contributed by atoms with Gasteiger partial charge in [-0.2, -0.15) is 5.10 Å². The molecule has 1 aliphatic heterocycles. The van der Waals surface area contributed by atoms with Gasteiger partial charge in [0.05, 0.1) is 11.2 Å². The molecule has 1 aromatic heterocycles. The number of hydrogen-bond acceptors (Lipinski definition) is 4. The second kappa shape index (κ2) is 4.58. The molecule has 90 valence electrons. The molecule has 5 nitrogen and oxygen atoms in total. The van der Waals surface area contributed by atoms with Crippen molar-refractivity contribution in [1.82, 2.24) is 4.98 Å². The Morgan fingerprint density at radius 1 is 1.71 bits per heavy atom. The highest BCUT2D eigenvalue weighted by atomic mass is 79.9. The largest absolute Gasteiger partial charge is 0.480 e. The van der Waals surface area contributed by atoms with E-state index in [1.807, 2.05) is 0 Å². The summed E-state index contributed by atoms with van der Waals surface area (Å²) in [5.41, 5.74) is 0. The molecular weight excluding hydrogens is 316 g/mol. The van der Waals surface area contributed by atoms with Crippen molar-refractivity contribution >= 4 is 43.9 Å². The summed E-state index contributed by atoms with van der Waals surface area (Å²) in [7, 11) is 0. The SMILES string of the molecule is O=C(O)C1CC(Br)=NN1c1ncc(F)cc1Cl. The molecular formula is C9H6BrClFN3O2. The fourth-order valence-corrected chi connectivity index (χ4v) is 2.15. The maximum Gasteiger partial charge on any atom is 0.329 e. The van der Waals surface area contributed by atoms with E-state index in [2.05, 4.69) is 26.0 Å². The van der Waals surface area contributed by atoms with Crippen LogP contribution in [0.1, 0.15) is 6.42 Å². The highest BCUT2D eigenvalue weighted by molar-refractivity contribution is 9.18. The monoisotopic (exact) mass is 321 g/mol. The number of carboxylic acid groups (broad SMARTS) is 1. The van der Waals surface area contributed by atoms with Gasteiger partial charge in [-0.15, -0.1) is 0 Å². The Bertz CT molecular complexity index is 511. The quantitative estimate of drug-likeness (QED) is 0.907. The maximum atomic E-state index is 12.8. The molecule has 1 aromatic rings. The number of nitrogens with zero attached hydrogens (tertiary/aromatic N) is 3. The Balaban J connectivity index is 2.41. The minimum atomic E-state index is -1.05. The van der Waals surface area contributed by atoms with Gasteiger partial charge in [-0.1, -0.05) is 11.6 Å². The highest BCUT2D eigenvalue weighted by Crippen LogP contribution is 2.30. The number of halogens is 3. The van der Waals surface area contributed by atoms with Crippen LogP contribution in [-0.2, 0) is 4.79 Å². The predicted octanol–water partition coefficient (Wildman–Crippen LogP) is 2.25. The number of anilines is 1. The van der Waals surface area contributed by atoms with Gasteiger partial charge in [0.15, 0.2) is 11.9 Å². The average Bonchev–Trinajstić information content (AvgIpc) is 2.60. The Morgan fingerprint density at radius 2 is 2.41 bits per heavy atom. The number of aliphatic carboxylic acids is 1. The van der Waals surface area contributed by atoms with E-state index < -0.39 is 17.8 Å². The summed E-state index contributed by atoms with van der Waals surface area (Å²) in [6.07, 6.45) is 1.17. The molecule has 8 heteroatoms. The van der Waals surface area contributed by atoms with E-state index in [0.29, 0.717) is 4.62 Å². The number of rotatable bonds is 2. The summed E-state index contributed by atoms with van der Waals surface area (Å²) in [6, 6.07) is 0.171. The molecule has 0 aromatic carbocycles. The maximum absolute atomic E-state index is 12.8. The van der Waals surface area contributed by atoms with Crippen LogP contribution in [0.2, 0.25) is 5.02 Å². The van der Waals surface area contributed by atoms with Crippen LogP contribution in [-0.4, -0.2) is 26.7 Å². The Hall–Kier alpha value is -1.21. The summed E-state index contributed by atoms with van der Waals surface area (Å²) in [5.74, 6) is -1.52. The standard InChI is InChI=1S/C9H6BrClFN3O2/c10-7-2-6(9(16)17)15(14-7)8-5(11)1-4(12)3-13-8/h1,3,6H,2H2,(H,16,17). The summed E-state index contributed by atoms with van der Waals surface area (Å²) in [4.78, 5) is 14.8. The lowest BCUT2D eigenvalue weighted by atomic mass is 10.2. The molecule has 0 radical (unpaired) electrons. The fourth-order valence-electron chi connectivity index (χ4n) is 1.44. The Kier molecular flexibility index (Phi) is 3.30. The molecule has 0 spiro atoms. The van der Waals surface area contributed by atoms with Crippen molar-refractivity contribution in [3.05, 3.63) is 23.1 Å². The van der Waals surface area contributed by atoms with Crippen LogP contribution < -0.4 is 5.01 Å². The van der Waals surface area contributed by atoms with Gasteiger partial charge < -0.3 is 5.11 Å². The molecule has 0 saturated heterocycles. The van der Waals surface area contributed by atoms with Crippen molar-refractivity contribution in [1.29, 1.82) is 0 Å². The first-order valence-corrected chi connectivity index (χ1v) is 5.72. The van der Waals surface area contributed by atoms with Gasteiger partial charge in [-0.05, 0) is 22.0 Å². The van der Waals surface area contributed by atoms with Crippen LogP contribution in [0.3, 0.4) is 0 Å². The number of carboxylic acids is 1. The van der Waals surface area contributed by atoms with Gasteiger partial charge in [-0.25, -0.2) is 19.2 Å². The minimum absolute atomic E-state index is 0.0159. The third-order valence-electron chi connectivity index (χ3n) is 2.16. The van der Waals surface area contributed by atoms with Gasteiger partial charge in [0.1, 0.15) is 10.4 Å². The first-order chi connectivity index (χ1) is 7.99. The molecule has 2 heterocycles. The third-order valence-corrected chi connectivity index (χ3v) is 2.92. The van der Waals surface area contributed by atoms with Gasteiger partial charge >= 0.3 is 5.97 Å². The van der Waals surface area contributed by atoms with E-state index in [0.717, 1.165) is 17.3 Å². The van der Waals surface area contributed by atoms with Crippen molar-refractivity contribution < 1.29 is 14.3 Å². The van der Waals surface area contributed by atoms with Gasteiger partial charge in [0, 0.05) is 6.42 Å². The number of aromatic nitrogens is 1. The molecule has 1 N–H and O–H groups in total. The van der Waals surface area contributed by atoms with Crippen LogP contribution in [0.15, 0.2) is 17.4 Å². The summed E-state index contributed by atoms with van der Waals surface area (Å²) in [5, 5.41) is 14.2. The van der Waals surface area contributed by atoms with Crippen molar-refractivity contribution in [2.75, 3.05) is 5.01 Å². The molecule has 1 atom stereocenters. The zero-order valence-electron chi connectivity index (χ0n) is 8.27. The van der Waals surface area contributed by atoms with Crippen molar-refractivity contribution in [2.45, 2.75) is 12.5 Å². The van der Waals surface area contributed by atoms with E-state index >= 15 is 0 Å². The average molecular weight is 323 g/mol. The van der Waals surface area contributed by atoms with Crippen molar-refractivity contribution in [2.24, 2.45) is 5.10 Å². The summed E-state index contributed by atoms with van der Waals surface area (Å²) >= 11 is 8.93. The molecule has 0 bridgehead atoms. The number of pyridine rings is 1. The van der Waals surface area contributed by atoms with Crippen LogP contribution in [0.25, 0.3) is 0 Å². The van der Waals surface area contributed by atoms with Crippen LogP contribution >= 0.6 is 27.5 Å². The zero-order valence-corrected chi connectivity index (χ0v) is 10.6. The summed E-state index contributed by atoms with van der Waals surface area (Å²) in [6.45, 7) is 0. The number of carbonyl (C=O) groups is 1. The minimum Gasteiger partial charge on any atom is -0.480 e. The lowest BCUT2D eigenvalue weighted by molar-refractivity contribution is -0.138. The molecule has 0 amide bonds. The highest BCUT2D eigenvalue weighted by Gasteiger charge is 2.34. The van der Waals surface area contributed by atoms with Crippen LogP contribution in [0.5, 0.6) is 0 Å². The van der Waals surface area contributed by atoms with E-state index in [9.17, 15) is 9.18 Å². The fraction of sp³-hybridized carbons (Fsp3) is 0.222. The molecule has 0 saturated carbocycles. The van der Waals surface area contributed by atoms with Crippen molar-refractivity contribution in [3.63, 3.8) is 0 Å². The first-order valence-electron chi connectivity index (χ1n) is 4.55. The number of hydrogen-bond donors (Lipinski definition) is 1. The first kappa shape index (κ1) is 12.3. The smallest absolute Gasteiger partial charge is 0.329 e. The normalized spacial score (nSPS) is 19.4. The summed E-state index contributed by atoms with van der Waals surface area (Å²) < 4.78 is 13.3. The molecule has 2 rings (SSSR count). The van der Waals surface area contributed by atoms with Gasteiger partial charge in [-0.3, -0.25) is 0 Å². The van der Waals surface area contributed by atoms with E-state index in [1.165, 1.54) is 0 Å². The topological polar surface area (TPSA) is 65.8 Å². The van der Waals surface area contributed by atoms with Crippen molar-refractivity contribution in [3.8, 4) is 0 Å². The van der Waals surface area contributed by atoms with Crippen LogP contribution in [0, 0.1) is 5.82 Å². The molecule has 0 fully saturated rings. The van der Waals surface area contributed by atoms with E-state index in [-0.39, 0.29) is 17.3 Å². The number of hydrazone groups is 1. The molecule has 1 unspecified atom stereocenters.